The summed E-state index contributed by atoms with van der Waals surface area (Å²) < 4.78 is 17.3. The number of ether oxygens (including phenoxy) is 3. The Balaban J connectivity index is 1.54. The maximum atomic E-state index is 6.15. The molecule has 1 aromatic carbocycles. The number of likely N-dealkylation sites (tertiary alicyclic amines) is 1. The van der Waals surface area contributed by atoms with Crippen molar-refractivity contribution in [3.63, 3.8) is 0 Å². The van der Waals surface area contributed by atoms with Crippen LogP contribution in [0.2, 0.25) is 0 Å². The van der Waals surface area contributed by atoms with E-state index in [1.807, 2.05) is 0 Å². The van der Waals surface area contributed by atoms with Crippen molar-refractivity contribution in [1.82, 2.24) is 10.2 Å². The van der Waals surface area contributed by atoms with Crippen molar-refractivity contribution in [1.29, 1.82) is 0 Å². The summed E-state index contributed by atoms with van der Waals surface area (Å²) in [6.07, 6.45) is 5.86. The first-order valence-electron chi connectivity index (χ1n) is 11.6. The van der Waals surface area contributed by atoms with E-state index in [-0.39, 0.29) is 6.10 Å². The van der Waals surface area contributed by atoms with Crippen molar-refractivity contribution in [2.45, 2.75) is 51.2 Å². The summed E-state index contributed by atoms with van der Waals surface area (Å²) in [5.41, 5.74) is 1.27. The average Bonchev–Trinajstić information content (AvgIpc) is 2.81. The SMILES string of the molecule is CCNC(=NCC1CCCOC1c1ccccc1)N1CCC(OCCCOC)CC1. The zero-order valence-corrected chi connectivity index (χ0v) is 18.7. The molecular formula is C24H39N3O3. The number of nitrogens with zero attached hydrogens (tertiary/aromatic N) is 2. The molecule has 0 amide bonds. The topological polar surface area (TPSA) is 55.3 Å². The Kier molecular flexibility index (Phi) is 9.93. The minimum atomic E-state index is 0.151. The number of rotatable bonds is 9. The van der Waals surface area contributed by atoms with E-state index in [9.17, 15) is 0 Å². The van der Waals surface area contributed by atoms with Crippen LogP contribution in [0.4, 0.5) is 0 Å². The number of guanidine groups is 1. The summed E-state index contributed by atoms with van der Waals surface area (Å²) in [7, 11) is 1.74. The fourth-order valence-corrected chi connectivity index (χ4v) is 4.36. The molecule has 0 aliphatic carbocycles. The van der Waals surface area contributed by atoms with Gasteiger partial charge in [0.05, 0.1) is 12.2 Å². The highest BCUT2D eigenvalue weighted by Crippen LogP contribution is 2.33. The lowest BCUT2D eigenvalue weighted by molar-refractivity contribution is -0.0251. The molecule has 0 bridgehead atoms. The van der Waals surface area contributed by atoms with E-state index in [0.717, 1.165) is 77.6 Å². The molecule has 2 atom stereocenters. The molecule has 2 unspecified atom stereocenters. The number of hydrogen-bond donors (Lipinski definition) is 1. The van der Waals surface area contributed by atoms with Crippen LogP contribution < -0.4 is 5.32 Å². The lowest BCUT2D eigenvalue weighted by Gasteiger charge is -2.35. The highest BCUT2D eigenvalue weighted by atomic mass is 16.5. The van der Waals surface area contributed by atoms with E-state index < -0.39 is 0 Å². The molecule has 2 fully saturated rings. The second-order valence-electron chi connectivity index (χ2n) is 8.20. The molecule has 2 aliphatic heterocycles. The number of nitrogens with one attached hydrogen (secondary N) is 1. The molecule has 3 rings (SSSR count). The number of aliphatic imine (C=N–C) groups is 1. The van der Waals surface area contributed by atoms with Crippen LogP contribution in [0, 0.1) is 5.92 Å². The van der Waals surface area contributed by atoms with Crippen LogP contribution in [0.5, 0.6) is 0 Å². The van der Waals surface area contributed by atoms with Crippen molar-refractivity contribution < 1.29 is 14.2 Å². The first-order chi connectivity index (χ1) is 14.8. The normalized spacial score (nSPS) is 23.5. The standard InChI is InChI=1S/C24H39N3O3/c1-3-25-24(27-14-12-22(13-15-27)29-18-8-16-28-2)26-19-21-11-7-17-30-23(21)20-9-5-4-6-10-20/h4-6,9-10,21-23H,3,7-8,11-19H2,1-2H3,(H,25,26). The Morgan fingerprint density at radius 3 is 2.70 bits per heavy atom. The maximum Gasteiger partial charge on any atom is 0.193 e. The average molecular weight is 418 g/mol. The molecule has 2 saturated heterocycles. The molecule has 1 N–H and O–H groups in total. The van der Waals surface area contributed by atoms with Gasteiger partial charge >= 0.3 is 0 Å². The minimum absolute atomic E-state index is 0.151. The largest absolute Gasteiger partial charge is 0.385 e. The summed E-state index contributed by atoms with van der Waals surface area (Å²) in [5.74, 6) is 1.46. The molecule has 1 aromatic rings. The molecule has 168 valence electrons. The Morgan fingerprint density at radius 2 is 1.97 bits per heavy atom. The molecule has 0 aromatic heterocycles. The van der Waals surface area contributed by atoms with E-state index in [4.69, 9.17) is 19.2 Å². The van der Waals surface area contributed by atoms with Gasteiger partial charge in [0.25, 0.3) is 0 Å². The van der Waals surface area contributed by atoms with Crippen LogP contribution in [0.15, 0.2) is 35.3 Å². The lowest BCUT2D eigenvalue weighted by Crippen LogP contribution is -2.47. The molecule has 2 heterocycles. The molecule has 2 aliphatic rings. The zero-order chi connectivity index (χ0) is 21.0. The van der Waals surface area contributed by atoms with Gasteiger partial charge in [0.15, 0.2) is 5.96 Å². The third-order valence-corrected chi connectivity index (χ3v) is 5.97. The second kappa shape index (κ2) is 12.9. The van der Waals surface area contributed by atoms with E-state index in [1.165, 1.54) is 12.0 Å². The van der Waals surface area contributed by atoms with Crippen LogP contribution >= 0.6 is 0 Å². The third-order valence-electron chi connectivity index (χ3n) is 5.97. The van der Waals surface area contributed by atoms with Crippen molar-refractivity contribution in [3.05, 3.63) is 35.9 Å². The van der Waals surface area contributed by atoms with Crippen molar-refractivity contribution in [2.24, 2.45) is 10.9 Å². The minimum Gasteiger partial charge on any atom is -0.385 e. The van der Waals surface area contributed by atoms with Crippen molar-refractivity contribution in [2.75, 3.05) is 53.1 Å². The first kappa shape index (κ1) is 23.0. The van der Waals surface area contributed by atoms with Crippen LogP contribution in [-0.4, -0.2) is 70.1 Å². The fourth-order valence-electron chi connectivity index (χ4n) is 4.36. The molecular weight excluding hydrogens is 378 g/mol. The number of hydrogen-bond acceptors (Lipinski definition) is 4. The van der Waals surface area contributed by atoms with Crippen molar-refractivity contribution >= 4 is 5.96 Å². The van der Waals surface area contributed by atoms with Gasteiger partial charge in [-0.15, -0.1) is 0 Å². The molecule has 0 radical (unpaired) electrons. The van der Waals surface area contributed by atoms with Gasteiger partial charge in [-0.05, 0) is 44.6 Å². The fraction of sp³-hybridized carbons (Fsp3) is 0.708. The molecule has 6 nitrogen and oxygen atoms in total. The van der Waals surface area contributed by atoms with Crippen LogP contribution in [-0.2, 0) is 14.2 Å². The number of methoxy groups -OCH3 is 1. The highest BCUT2D eigenvalue weighted by Gasteiger charge is 2.28. The smallest absolute Gasteiger partial charge is 0.193 e. The van der Waals surface area contributed by atoms with Gasteiger partial charge in [-0.2, -0.15) is 0 Å². The van der Waals surface area contributed by atoms with Gasteiger partial charge in [-0.25, -0.2) is 0 Å². The molecule has 30 heavy (non-hydrogen) atoms. The number of piperidine rings is 1. The van der Waals surface area contributed by atoms with Gasteiger partial charge < -0.3 is 24.4 Å². The van der Waals surface area contributed by atoms with Gasteiger partial charge in [-0.3, -0.25) is 4.99 Å². The van der Waals surface area contributed by atoms with E-state index in [1.54, 1.807) is 7.11 Å². The Hall–Kier alpha value is -1.63. The van der Waals surface area contributed by atoms with E-state index >= 15 is 0 Å². The third kappa shape index (κ3) is 6.96. The van der Waals surface area contributed by atoms with Gasteiger partial charge in [0, 0.05) is 59.0 Å². The Labute approximate surface area is 182 Å². The Morgan fingerprint density at radius 1 is 1.17 bits per heavy atom. The first-order valence-corrected chi connectivity index (χ1v) is 11.6. The monoisotopic (exact) mass is 417 g/mol. The summed E-state index contributed by atoms with van der Waals surface area (Å²) in [6.45, 7) is 8.20. The number of benzene rings is 1. The summed E-state index contributed by atoms with van der Waals surface area (Å²) >= 11 is 0. The van der Waals surface area contributed by atoms with Crippen LogP contribution in [0.1, 0.15) is 50.7 Å². The Bertz CT molecular complexity index is 617. The van der Waals surface area contributed by atoms with E-state index in [0.29, 0.717) is 12.0 Å². The predicted molar refractivity (Wildman–Crippen MR) is 121 cm³/mol. The second-order valence-corrected chi connectivity index (χ2v) is 8.20. The van der Waals surface area contributed by atoms with Gasteiger partial charge in [0.2, 0.25) is 0 Å². The van der Waals surface area contributed by atoms with Crippen LogP contribution in [0.25, 0.3) is 0 Å². The quantitative estimate of drug-likeness (QED) is 0.378. The predicted octanol–water partition coefficient (Wildman–Crippen LogP) is 3.64. The molecule has 6 heteroatoms. The summed E-state index contributed by atoms with van der Waals surface area (Å²) in [4.78, 5) is 7.43. The summed E-state index contributed by atoms with van der Waals surface area (Å²) in [6, 6.07) is 10.6. The maximum absolute atomic E-state index is 6.15. The highest BCUT2D eigenvalue weighted by molar-refractivity contribution is 5.80. The van der Waals surface area contributed by atoms with Crippen LogP contribution in [0.3, 0.4) is 0 Å². The van der Waals surface area contributed by atoms with Gasteiger partial charge in [0.1, 0.15) is 0 Å². The zero-order valence-electron chi connectivity index (χ0n) is 18.7. The molecule has 0 saturated carbocycles. The summed E-state index contributed by atoms with van der Waals surface area (Å²) in [5, 5.41) is 3.50. The van der Waals surface area contributed by atoms with E-state index in [2.05, 4.69) is 47.5 Å². The van der Waals surface area contributed by atoms with Crippen molar-refractivity contribution in [3.8, 4) is 0 Å². The lowest BCUT2D eigenvalue weighted by atomic mass is 9.89. The van der Waals surface area contributed by atoms with Gasteiger partial charge in [-0.1, -0.05) is 30.3 Å². The molecule has 0 spiro atoms.